The highest BCUT2D eigenvalue weighted by Gasteiger charge is 2.37. The first-order valence-corrected chi connectivity index (χ1v) is 6.57. The van der Waals surface area contributed by atoms with Crippen molar-refractivity contribution in [3.63, 3.8) is 0 Å². The summed E-state index contributed by atoms with van der Waals surface area (Å²) in [7, 11) is 1.29. The summed E-state index contributed by atoms with van der Waals surface area (Å²) in [4.78, 5) is 38.6. The molecule has 0 aliphatic carbocycles. The summed E-state index contributed by atoms with van der Waals surface area (Å²) in [6.45, 7) is 5.12. The lowest BCUT2D eigenvalue weighted by Crippen LogP contribution is -2.33. The van der Waals surface area contributed by atoms with Crippen LogP contribution in [-0.2, 0) is 19.1 Å². The van der Waals surface area contributed by atoms with Crippen molar-refractivity contribution in [2.24, 2.45) is 5.92 Å². The Hall–Kier alpha value is -2.53. The number of ether oxygens (including phenoxy) is 1. The van der Waals surface area contributed by atoms with Crippen molar-refractivity contribution in [3.8, 4) is 0 Å². The van der Waals surface area contributed by atoms with Crippen LogP contribution in [0.4, 0.5) is 0 Å². The molecule has 0 heterocycles. The van der Waals surface area contributed by atoms with Crippen LogP contribution in [0.3, 0.4) is 0 Å². The summed E-state index contributed by atoms with van der Waals surface area (Å²) >= 11 is 0. The van der Waals surface area contributed by atoms with Gasteiger partial charge >= 0.3 is 12.1 Å². The summed E-state index contributed by atoms with van der Waals surface area (Å²) in [6, 6.07) is 6.59. The summed E-state index contributed by atoms with van der Waals surface area (Å²) in [5.41, 5.74) is 1.86. The number of aryl methyl sites for hydroxylation is 1. The van der Waals surface area contributed by atoms with Gasteiger partial charge < -0.3 is 4.74 Å². The van der Waals surface area contributed by atoms with E-state index < -0.39 is 23.8 Å². The molecule has 0 amide bonds. The number of rotatable bonds is 5. The predicted octanol–water partition coefficient (Wildman–Crippen LogP) is 1.97. The van der Waals surface area contributed by atoms with E-state index in [0.29, 0.717) is 0 Å². The normalized spacial score (nSPS) is 13.6. The van der Waals surface area contributed by atoms with Crippen molar-refractivity contribution in [2.45, 2.75) is 32.7 Å². The van der Waals surface area contributed by atoms with E-state index in [1.165, 1.54) is 14.0 Å². The number of methoxy groups -OCH3 is 1. The molecule has 7 heteroatoms. The highest BCUT2D eigenvalue weighted by atomic mass is 16.6. The Morgan fingerprint density at radius 2 is 1.68 bits per heavy atom. The lowest BCUT2D eigenvalue weighted by molar-refractivity contribution is -0.523. The third-order valence-corrected chi connectivity index (χ3v) is 3.43. The maximum absolute atomic E-state index is 11.7. The van der Waals surface area contributed by atoms with Crippen LogP contribution < -0.4 is 0 Å². The Labute approximate surface area is 128 Å². The van der Waals surface area contributed by atoms with E-state index in [0.717, 1.165) is 11.1 Å². The number of esters is 1. The van der Waals surface area contributed by atoms with E-state index in [1.807, 2.05) is 31.2 Å². The minimum atomic E-state index is -0.850. The molecule has 2 unspecified atom stereocenters. The van der Waals surface area contributed by atoms with E-state index >= 15 is 0 Å². The third kappa shape index (κ3) is 5.46. The second kappa shape index (κ2) is 9.41. The van der Waals surface area contributed by atoms with Gasteiger partial charge in [-0.3, -0.25) is 14.9 Å². The minimum Gasteiger partial charge on any atom is -0.469 e. The fourth-order valence-corrected chi connectivity index (χ4v) is 2.24. The molecule has 0 aliphatic heterocycles. The molecule has 0 spiro atoms. The summed E-state index contributed by atoms with van der Waals surface area (Å²) in [6.07, 6.45) is 0.250. The molecule has 0 radical (unpaired) electrons. The summed E-state index contributed by atoms with van der Waals surface area (Å²) in [5.74, 6) is -1.49. The fourth-order valence-electron chi connectivity index (χ4n) is 2.24. The van der Waals surface area contributed by atoms with Gasteiger partial charge in [-0.15, -0.1) is 0 Å². The maximum atomic E-state index is 11.7. The van der Waals surface area contributed by atoms with Gasteiger partial charge in [-0.05, 0) is 12.5 Å². The van der Waals surface area contributed by atoms with Gasteiger partial charge in [-0.1, -0.05) is 36.8 Å². The molecule has 0 fully saturated rings. The molecule has 1 rings (SSSR count). The van der Waals surface area contributed by atoms with Crippen LogP contribution in [0.1, 0.15) is 30.9 Å². The van der Waals surface area contributed by atoms with Crippen LogP contribution in [-0.4, -0.2) is 30.2 Å². The van der Waals surface area contributed by atoms with Gasteiger partial charge in [-0.25, -0.2) is 0 Å². The predicted molar refractivity (Wildman–Crippen MR) is 76.6 cm³/mol. The Morgan fingerprint density at radius 3 is 2.05 bits per heavy atom. The monoisotopic (exact) mass is 309 g/mol. The van der Waals surface area contributed by atoms with E-state index in [9.17, 15) is 14.9 Å². The molecular formula is C15H19NO6. The highest BCUT2D eigenvalue weighted by molar-refractivity contribution is 5.73. The van der Waals surface area contributed by atoms with Crippen LogP contribution >= 0.6 is 0 Å². The van der Waals surface area contributed by atoms with E-state index in [1.54, 1.807) is 6.92 Å². The van der Waals surface area contributed by atoms with E-state index in [4.69, 9.17) is 14.3 Å². The Bertz CT molecular complexity index is 533. The smallest absolute Gasteiger partial charge is 0.373 e. The van der Waals surface area contributed by atoms with Crippen molar-refractivity contribution in [2.75, 3.05) is 7.11 Å². The van der Waals surface area contributed by atoms with Crippen LogP contribution in [0.15, 0.2) is 24.3 Å². The number of benzene rings is 1. The molecule has 1 aromatic rings. The Kier molecular flexibility index (Phi) is 8.33. The molecule has 1 aromatic carbocycles. The van der Waals surface area contributed by atoms with Crippen molar-refractivity contribution in [1.29, 1.82) is 0 Å². The second-order valence-corrected chi connectivity index (χ2v) is 4.86. The number of hydrogen-bond acceptors (Lipinski definition) is 6. The van der Waals surface area contributed by atoms with Crippen molar-refractivity contribution < 1.29 is 24.0 Å². The minimum absolute atomic E-state index is 0.250. The van der Waals surface area contributed by atoms with Crippen LogP contribution in [0.5, 0.6) is 0 Å². The topological polar surface area (TPSA) is 104 Å². The second-order valence-electron chi connectivity index (χ2n) is 4.86. The lowest BCUT2D eigenvalue weighted by Gasteiger charge is -2.23. The molecule has 0 N–H and O–H groups in total. The first-order valence-electron chi connectivity index (χ1n) is 6.57. The Morgan fingerprint density at radius 1 is 1.23 bits per heavy atom. The molecule has 22 heavy (non-hydrogen) atoms. The number of nitrogens with zero attached hydrogens (tertiary/aromatic N) is 1. The zero-order valence-corrected chi connectivity index (χ0v) is 12.9. The van der Waals surface area contributed by atoms with E-state index in [-0.39, 0.29) is 11.1 Å². The van der Waals surface area contributed by atoms with Gasteiger partial charge in [0, 0.05) is 11.8 Å². The molecule has 0 bridgehead atoms. The molecular weight excluding hydrogens is 290 g/mol. The van der Waals surface area contributed by atoms with Crippen molar-refractivity contribution >= 4 is 12.1 Å². The lowest BCUT2D eigenvalue weighted by atomic mass is 9.82. The third-order valence-electron chi connectivity index (χ3n) is 3.43. The van der Waals surface area contributed by atoms with Crippen LogP contribution in [0.2, 0.25) is 0 Å². The van der Waals surface area contributed by atoms with Crippen LogP contribution in [0, 0.1) is 23.0 Å². The largest absolute Gasteiger partial charge is 0.469 e. The number of hydrogen-bond donors (Lipinski definition) is 0. The van der Waals surface area contributed by atoms with Gasteiger partial charge in [0.15, 0.2) is 0 Å². The molecule has 0 aliphatic rings. The zero-order chi connectivity index (χ0) is 17.3. The molecule has 0 aromatic heterocycles. The quantitative estimate of drug-likeness (QED) is 0.468. The summed E-state index contributed by atoms with van der Waals surface area (Å²) < 4.78 is 4.71. The van der Waals surface area contributed by atoms with E-state index in [2.05, 4.69) is 0 Å². The first-order chi connectivity index (χ1) is 10.3. The number of carbonyl (C=O) groups is 1. The first kappa shape index (κ1) is 19.5. The van der Waals surface area contributed by atoms with Crippen LogP contribution in [0.25, 0.3) is 0 Å². The molecule has 120 valence electrons. The molecule has 0 saturated heterocycles. The molecule has 3 atom stereocenters. The fraction of sp³-hybridized carbons (Fsp3) is 0.467. The van der Waals surface area contributed by atoms with Gasteiger partial charge in [0.2, 0.25) is 6.04 Å². The van der Waals surface area contributed by atoms with Crippen molar-refractivity contribution in [1.82, 2.24) is 0 Å². The van der Waals surface area contributed by atoms with Gasteiger partial charge in [0.05, 0.1) is 18.9 Å². The Balaban J connectivity index is 0.00000135. The SMILES string of the molecule is COC(=O)C(C)[C@@H](c1ccc(C)cc1)C(C)[N+](=O)[O-].O=C=O. The summed E-state index contributed by atoms with van der Waals surface area (Å²) in [5, 5.41) is 11.0. The number of carbonyl (C=O) groups excluding carboxylic acids is 3. The zero-order valence-electron chi connectivity index (χ0n) is 12.9. The standard InChI is InChI=1S/C14H19NO4.CO2/c1-9-5-7-12(8-6-9)13(11(3)15(17)18)10(2)14(16)19-4;2-1-3/h5-8,10-11,13H,1-4H3;/t10?,11?,13-;/m1./s1. The van der Waals surface area contributed by atoms with Crippen molar-refractivity contribution in [3.05, 3.63) is 45.5 Å². The average Bonchev–Trinajstić information content (AvgIpc) is 2.49. The highest BCUT2D eigenvalue weighted by Crippen LogP contribution is 2.30. The van der Waals surface area contributed by atoms with Gasteiger partial charge in [0.25, 0.3) is 0 Å². The molecule has 0 saturated carbocycles. The molecule has 7 nitrogen and oxygen atoms in total. The average molecular weight is 309 g/mol. The van der Waals surface area contributed by atoms with Gasteiger partial charge in [0.1, 0.15) is 0 Å². The maximum Gasteiger partial charge on any atom is 0.373 e. The number of nitro groups is 1. The van der Waals surface area contributed by atoms with Gasteiger partial charge in [-0.2, -0.15) is 9.59 Å².